The summed E-state index contributed by atoms with van der Waals surface area (Å²) < 4.78 is 14.4. The van der Waals surface area contributed by atoms with Crippen LogP contribution in [-0.2, 0) is 19.4 Å². The number of para-hydroxylation sites is 1. The molecular formula is C28H30BrN3O4. The summed E-state index contributed by atoms with van der Waals surface area (Å²) in [5, 5.41) is 14.2. The Labute approximate surface area is 218 Å². The summed E-state index contributed by atoms with van der Waals surface area (Å²) in [6.07, 6.45) is 3.28. The number of aliphatic hydroxyl groups excluding tert-OH is 1. The number of carbonyl (C=O) groups excluding carboxylic acids is 1. The second-order valence-electron chi connectivity index (χ2n) is 9.38. The second kappa shape index (κ2) is 10.0. The molecule has 3 N–H and O–H groups in total. The Balaban J connectivity index is 1.42. The molecule has 1 aliphatic rings. The van der Waals surface area contributed by atoms with Crippen molar-refractivity contribution in [2.45, 2.75) is 45.4 Å². The molecule has 188 valence electrons. The first kappa shape index (κ1) is 24.5. The third kappa shape index (κ3) is 4.51. The van der Waals surface area contributed by atoms with Gasteiger partial charge in [-0.15, -0.1) is 0 Å². The van der Waals surface area contributed by atoms with Crippen molar-refractivity contribution in [2.24, 2.45) is 0 Å². The van der Waals surface area contributed by atoms with E-state index in [9.17, 15) is 9.90 Å². The summed E-state index contributed by atoms with van der Waals surface area (Å²) in [6, 6.07) is 13.5. The largest absolute Gasteiger partial charge is 0.493 e. The fraction of sp³-hybridized carbons (Fsp3) is 0.321. The summed E-state index contributed by atoms with van der Waals surface area (Å²) in [7, 11) is 1.65. The predicted octanol–water partition coefficient (Wildman–Crippen LogP) is 5.08. The third-order valence-corrected chi connectivity index (χ3v) is 7.46. The predicted molar refractivity (Wildman–Crippen MR) is 144 cm³/mol. The van der Waals surface area contributed by atoms with Crippen molar-refractivity contribution in [3.8, 4) is 22.8 Å². The third-order valence-electron chi connectivity index (χ3n) is 6.61. The van der Waals surface area contributed by atoms with Gasteiger partial charge in [-0.2, -0.15) is 0 Å². The lowest BCUT2D eigenvalue weighted by Gasteiger charge is -2.23. The van der Waals surface area contributed by atoms with E-state index in [4.69, 9.17) is 9.47 Å². The molecule has 5 rings (SSSR count). The van der Waals surface area contributed by atoms with Gasteiger partial charge in [0, 0.05) is 29.2 Å². The van der Waals surface area contributed by atoms with Crippen LogP contribution in [0.15, 0.2) is 53.3 Å². The summed E-state index contributed by atoms with van der Waals surface area (Å²) >= 11 is 3.66. The smallest absolute Gasteiger partial charge is 0.254 e. The van der Waals surface area contributed by atoms with E-state index in [0.29, 0.717) is 23.5 Å². The molecule has 0 bridgehead atoms. The maximum absolute atomic E-state index is 13.4. The number of aryl methyl sites for hydroxylation is 1. The van der Waals surface area contributed by atoms with Gasteiger partial charge in [0.25, 0.3) is 5.91 Å². The average molecular weight is 552 g/mol. The van der Waals surface area contributed by atoms with Gasteiger partial charge in [-0.1, -0.05) is 18.2 Å². The van der Waals surface area contributed by atoms with E-state index in [1.807, 2.05) is 62.5 Å². The summed E-state index contributed by atoms with van der Waals surface area (Å²) in [5.74, 6) is 1.17. The molecule has 0 saturated heterocycles. The zero-order valence-electron chi connectivity index (χ0n) is 20.6. The lowest BCUT2D eigenvalue weighted by Crippen LogP contribution is -2.39. The van der Waals surface area contributed by atoms with E-state index in [2.05, 4.69) is 30.8 Å². The van der Waals surface area contributed by atoms with E-state index in [1.165, 1.54) is 0 Å². The zero-order valence-corrected chi connectivity index (χ0v) is 22.2. The Hall–Kier alpha value is -3.23. The lowest BCUT2D eigenvalue weighted by molar-refractivity contribution is 0.0915. The minimum absolute atomic E-state index is 0.00737. The molecule has 0 spiro atoms. The number of nitrogens with zero attached hydrogens (tertiary/aromatic N) is 1. The number of carbonyl (C=O) groups is 1. The van der Waals surface area contributed by atoms with Crippen LogP contribution in [-0.4, -0.2) is 46.4 Å². The molecule has 1 amide bonds. The van der Waals surface area contributed by atoms with E-state index in [-0.39, 0.29) is 18.6 Å². The highest BCUT2D eigenvalue weighted by Crippen LogP contribution is 2.41. The Morgan fingerprint density at radius 2 is 2.03 bits per heavy atom. The second-order valence-corrected chi connectivity index (χ2v) is 10.1. The number of aromatic amines is 1. The molecule has 1 aliphatic heterocycles. The van der Waals surface area contributed by atoms with Gasteiger partial charge >= 0.3 is 0 Å². The highest BCUT2D eigenvalue weighted by molar-refractivity contribution is 9.10. The number of ether oxygens (including phenoxy) is 2. The van der Waals surface area contributed by atoms with Gasteiger partial charge in [-0.05, 0) is 78.0 Å². The Morgan fingerprint density at radius 3 is 2.78 bits per heavy atom. The van der Waals surface area contributed by atoms with Crippen molar-refractivity contribution in [1.82, 2.24) is 14.9 Å². The Bertz CT molecular complexity index is 1420. The highest BCUT2D eigenvalue weighted by Gasteiger charge is 2.27. The van der Waals surface area contributed by atoms with Crippen LogP contribution in [0.1, 0.15) is 35.3 Å². The summed E-state index contributed by atoms with van der Waals surface area (Å²) in [4.78, 5) is 16.6. The van der Waals surface area contributed by atoms with E-state index in [1.54, 1.807) is 7.11 Å². The topological polar surface area (TPSA) is 88.5 Å². The van der Waals surface area contributed by atoms with Crippen LogP contribution in [0.4, 0.5) is 0 Å². The first-order chi connectivity index (χ1) is 17.4. The number of halogens is 1. The number of nitrogens with one attached hydrogen (secondary N) is 2. The maximum atomic E-state index is 13.4. The number of rotatable bonds is 8. The van der Waals surface area contributed by atoms with Crippen LogP contribution in [0.5, 0.6) is 11.5 Å². The molecule has 3 heterocycles. The number of methoxy groups -OCH3 is 1. The quantitative estimate of drug-likeness (QED) is 0.285. The van der Waals surface area contributed by atoms with Gasteiger partial charge < -0.3 is 29.4 Å². The van der Waals surface area contributed by atoms with Gasteiger partial charge in [0.1, 0.15) is 0 Å². The van der Waals surface area contributed by atoms with Gasteiger partial charge in [0.15, 0.2) is 11.5 Å². The SMILES string of the molecule is COc1cc2c(cc1OC(C)C)-c1cc(C(=O)NC(CO)Cc3c[nH]c4ccccc34)c(Br)n1CC2. The van der Waals surface area contributed by atoms with Crippen molar-refractivity contribution >= 4 is 32.7 Å². The zero-order chi connectivity index (χ0) is 25.4. The number of aromatic nitrogens is 2. The molecule has 1 atom stereocenters. The number of aliphatic hydroxyl groups is 1. The average Bonchev–Trinajstić information content (AvgIpc) is 3.44. The molecule has 2 aromatic carbocycles. The number of benzene rings is 2. The van der Waals surface area contributed by atoms with Gasteiger partial charge in [0.05, 0.1) is 41.7 Å². The molecule has 0 radical (unpaired) electrons. The summed E-state index contributed by atoms with van der Waals surface area (Å²) in [6.45, 7) is 4.54. The minimum atomic E-state index is -0.414. The Morgan fingerprint density at radius 1 is 1.22 bits per heavy atom. The van der Waals surface area contributed by atoms with Gasteiger partial charge in [-0.3, -0.25) is 4.79 Å². The van der Waals surface area contributed by atoms with Crippen LogP contribution >= 0.6 is 15.9 Å². The highest BCUT2D eigenvalue weighted by atomic mass is 79.9. The van der Waals surface area contributed by atoms with Crippen molar-refractivity contribution < 1.29 is 19.4 Å². The number of amides is 1. The normalized spacial score (nSPS) is 13.4. The van der Waals surface area contributed by atoms with Gasteiger partial charge in [0.2, 0.25) is 0 Å². The molecule has 7 nitrogen and oxygen atoms in total. The number of hydrogen-bond acceptors (Lipinski definition) is 4. The molecule has 0 saturated carbocycles. The minimum Gasteiger partial charge on any atom is -0.493 e. The molecule has 2 aromatic heterocycles. The molecule has 0 fully saturated rings. The van der Waals surface area contributed by atoms with Crippen LogP contribution in [0.2, 0.25) is 0 Å². The van der Waals surface area contributed by atoms with Crippen LogP contribution in [0, 0.1) is 0 Å². The summed E-state index contributed by atoms with van der Waals surface area (Å²) in [5.41, 5.74) is 5.75. The van der Waals surface area contributed by atoms with E-state index < -0.39 is 6.04 Å². The van der Waals surface area contributed by atoms with E-state index >= 15 is 0 Å². The first-order valence-corrected chi connectivity index (χ1v) is 12.9. The first-order valence-electron chi connectivity index (χ1n) is 12.1. The van der Waals surface area contributed by atoms with Crippen LogP contribution in [0.25, 0.3) is 22.2 Å². The monoisotopic (exact) mass is 551 g/mol. The molecular weight excluding hydrogens is 522 g/mol. The number of fused-ring (bicyclic) bond motifs is 4. The van der Waals surface area contributed by atoms with Crippen molar-refractivity contribution in [3.05, 3.63) is 70.0 Å². The fourth-order valence-corrected chi connectivity index (χ4v) is 5.56. The van der Waals surface area contributed by atoms with Crippen LogP contribution in [0.3, 0.4) is 0 Å². The van der Waals surface area contributed by atoms with Crippen molar-refractivity contribution in [3.63, 3.8) is 0 Å². The molecule has 8 heteroatoms. The molecule has 4 aromatic rings. The number of hydrogen-bond donors (Lipinski definition) is 3. The van der Waals surface area contributed by atoms with E-state index in [0.717, 1.165) is 50.9 Å². The molecule has 0 aliphatic carbocycles. The standard InChI is InChI=1S/C28H30BrN3O4/c1-16(2)36-26-13-21-17(11-25(26)35-3)8-9-32-24(21)12-22(27(32)29)28(34)31-19(15-33)10-18-14-30-23-7-5-4-6-20(18)23/h4-7,11-14,16,19,30,33H,8-10,15H2,1-3H3,(H,31,34). The van der Waals surface area contributed by atoms with Gasteiger partial charge in [-0.25, -0.2) is 0 Å². The van der Waals surface area contributed by atoms with Crippen molar-refractivity contribution in [2.75, 3.05) is 13.7 Å². The van der Waals surface area contributed by atoms with Crippen molar-refractivity contribution in [1.29, 1.82) is 0 Å². The Kier molecular flexibility index (Phi) is 6.81. The lowest BCUT2D eigenvalue weighted by atomic mass is 9.97. The maximum Gasteiger partial charge on any atom is 0.254 e. The fourth-order valence-electron chi connectivity index (χ4n) is 4.90. The molecule has 36 heavy (non-hydrogen) atoms. The molecule has 1 unspecified atom stereocenters. The van der Waals surface area contributed by atoms with Crippen LogP contribution < -0.4 is 14.8 Å². The number of H-pyrrole nitrogens is 1.